The fourth-order valence-corrected chi connectivity index (χ4v) is 9.98. The minimum absolute atomic E-state index is 0.707. The predicted octanol–water partition coefficient (Wildman–Crippen LogP) is 9.28. The normalized spacial score (nSPS) is 50.0. The van der Waals surface area contributed by atoms with Crippen LogP contribution in [-0.4, -0.2) is 0 Å². The van der Waals surface area contributed by atoms with Crippen molar-refractivity contribution in [3.05, 3.63) is 0 Å². The van der Waals surface area contributed by atoms with Gasteiger partial charge >= 0.3 is 0 Å². The van der Waals surface area contributed by atoms with E-state index in [1.165, 1.54) is 25.7 Å². The zero-order chi connectivity index (χ0) is 20.9. The molecular weight excluding hydrogens is 348 g/mol. The Kier molecular flexibility index (Phi) is 6.25. The molecule has 0 bridgehead atoms. The van der Waals surface area contributed by atoms with E-state index in [0.29, 0.717) is 5.41 Å². The average molecular weight is 401 g/mol. The smallest absolute Gasteiger partial charge is 0.0209 e. The molecule has 5 saturated carbocycles. The summed E-state index contributed by atoms with van der Waals surface area (Å²) in [4.78, 5) is 0. The molecule has 8 unspecified atom stereocenters. The molecule has 0 aromatic heterocycles. The maximum Gasteiger partial charge on any atom is -0.0209 e. The molecule has 1 spiro atoms. The lowest BCUT2D eigenvalue weighted by Gasteiger charge is -2.61. The standard InChI is InChI=1S/C27H46.C2H6/c1-19(2)9-5-6-10-20-11-12-23-22-17-21-18-27(21)15-8-7-14-26(27,4)24(22)13-16-25(20,23)3;1-2/h19-24H,5-18H2,1-4H3;1-2H3. The summed E-state index contributed by atoms with van der Waals surface area (Å²) in [6.07, 6.45) is 21.8. The molecule has 0 N–H and O–H groups in total. The molecule has 0 aromatic rings. The van der Waals surface area contributed by atoms with Crippen molar-refractivity contribution in [3.63, 3.8) is 0 Å². The van der Waals surface area contributed by atoms with Crippen LogP contribution in [0.1, 0.15) is 131 Å². The van der Waals surface area contributed by atoms with Gasteiger partial charge in [-0.1, -0.05) is 73.6 Å². The molecule has 29 heavy (non-hydrogen) atoms. The van der Waals surface area contributed by atoms with Crippen molar-refractivity contribution in [2.75, 3.05) is 0 Å². The Morgan fingerprint density at radius 3 is 2.38 bits per heavy atom. The first-order valence-corrected chi connectivity index (χ1v) is 13.9. The molecule has 0 aromatic carbocycles. The van der Waals surface area contributed by atoms with E-state index in [2.05, 4.69) is 27.7 Å². The van der Waals surface area contributed by atoms with E-state index >= 15 is 0 Å². The lowest BCUT2D eigenvalue weighted by molar-refractivity contribution is -0.118. The van der Waals surface area contributed by atoms with Crippen molar-refractivity contribution >= 4 is 0 Å². The van der Waals surface area contributed by atoms with Crippen LogP contribution in [-0.2, 0) is 0 Å². The van der Waals surface area contributed by atoms with Crippen LogP contribution in [0.3, 0.4) is 0 Å². The molecule has 0 nitrogen and oxygen atoms in total. The van der Waals surface area contributed by atoms with Gasteiger partial charge in [0.25, 0.3) is 0 Å². The van der Waals surface area contributed by atoms with Gasteiger partial charge in [-0.2, -0.15) is 0 Å². The monoisotopic (exact) mass is 400 g/mol. The highest BCUT2D eigenvalue weighted by Gasteiger charge is 2.72. The maximum absolute atomic E-state index is 2.78. The largest absolute Gasteiger partial charge is 0.0683 e. The van der Waals surface area contributed by atoms with Crippen LogP contribution < -0.4 is 0 Å². The van der Waals surface area contributed by atoms with Gasteiger partial charge in [0, 0.05) is 0 Å². The lowest BCUT2D eigenvalue weighted by Crippen LogP contribution is -2.53. The van der Waals surface area contributed by atoms with Crippen molar-refractivity contribution in [2.45, 2.75) is 131 Å². The van der Waals surface area contributed by atoms with Crippen molar-refractivity contribution < 1.29 is 0 Å². The quantitative estimate of drug-likeness (QED) is 0.403. The Balaban J connectivity index is 0.000000994. The summed E-state index contributed by atoms with van der Waals surface area (Å²) in [5.41, 5.74) is 2.27. The number of unbranched alkanes of at least 4 members (excludes halogenated alkanes) is 1. The second kappa shape index (κ2) is 8.16. The Morgan fingerprint density at radius 1 is 0.862 bits per heavy atom. The molecule has 0 heterocycles. The third-order valence-electron chi connectivity index (χ3n) is 11.5. The zero-order valence-electron chi connectivity index (χ0n) is 20.9. The van der Waals surface area contributed by atoms with Crippen LogP contribution in [0.5, 0.6) is 0 Å². The highest BCUT2D eigenvalue weighted by Crippen LogP contribution is 2.80. The minimum Gasteiger partial charge on any atom is -0.0683 e. The van der Waals surface area contributed by atoms with E-state index in [0.717, 1.165) is 46.3 Å². The van der Waals surface area contributed by atoms with Crippen LogP contribution in [0.25, 0.3) is 0 Å². The van der Waals surface area contributed by atoms with E-state index in [1.807, 2.05) is 13.8 Å². The molecule has 0 aliphatic heterocycles. The molecule has 168 valence electrons. The van der Waals surface area contributed by atoms with Gasteiger partial charge in [-0.15, -0.1) is 0 Å². The van der Waals surface area contributed by atoms with Crippen molar-refractivity contribution in [1.82, 2.24) is 0 Å². The highest BCUT2D eigenvalue weighted by atomic mass is 14.8. The highest BCUT2D eigenvalue weighted by molar-refractivity contribution is 5.21. The van der Waals surface area contributed by atoms with E-state index in [9.17, 15) is 0 Å². The van der Waals surface area contributed by atoms with E-state index in [-0.39, 0.29) is 0 Å². The van der Waals surface area contributed by atoms with Gasteiger partial charge in [0.15, 0.2) is 0 Å². The number of hydrogen-bond acceptors (Lipinski definition) is 0. The second-order valence-corrected chi connectivity index (χ2v) is 12.8. The summed E-state index contributed by atoms with van der Waals surface area (Å²) in [5, 5.41) is 0. The van der Waals surface area contributed by atoms with Crippen LogP contribution in [0.15, 0.2) is 0 Å². The van der Waals surface area contributed by atoms with Crippen LogP contribution in [0.4, 0.5) is 0 Å². The molecule has 5 fully saturated rings. The molecule has 0 saturated heterocycles. The van der Waals surface area contributed by atoms with Crippen LogP contribution >= 0.6 is 0 Å². The summed E-state index contributed by atoms with van der Waals surface area (Å²) in [6.45, 7) is 14.3. The summed E-state index contributed by atoms with van der Waals surface area (Å²) >= 11 is 0. The summed E-state index contributed by atoms with van der Waals surface area (Å²) in [5.74, 6) is 6.37. The summed E-state index contributed by atoms with van der Waals surface area (Å²) in [6, 6.07) is 0. The van der Waals surface area contributed by atoms with Gasteiger partial charge in [0.1, 0.15) is 0 Å². The van der Waals surface area contributed by atoms with Crippen molar-refractivity contribution in [1.29, 1.82) is 0 Å². The predicted molar refractivity (Wildman–Crippen MR) is 127 cm³/mol. The molecule has 8 atom stereocenters. The number of fused-ring (bicyclic) bond motifs is 4. The second-order valence-electron chi connectivity index (χ2n) is 12.8. The molecule has 0 amide bonds. The SMILES string of the molecule is CC.CC(C)CCCCC1CCC2C3CC4CC45CCCCC5(C)C3CCC12C. The van der Waals surface area contributed by atoms with Gasteiger partial charge in [0.05, 0.1) is 0 Å². The molecule has 5 aliphatic carbocycles. The first-order valence-electron chi connectivity index (χ1n) is 13.9. The lowest BCUT2D eigenvalue weighted by atomic mass is 9.44. The Morgan fingerprint density at radius 2 is 1.62 bits per heavy atom. The average Bonchev–Trinajstić information content (AvgIpc) is 3.31. The van der Waals surface area contributed by atoms with Gasteiger partial charge < -0.3 is 0 Å². The van der Waals surface area contributed by atoms with Gasteiger partial charge in [0.2, 0.25) is 0 Å². The molecule has 0 radical (unpaired) electrons. The molecule has 0 heteroatoms. The van der Waals surface area contributed by atoms with E-state index in [1.54, 1.807) is 64.2 Å². The van der Waals surface area contributed by atoms with Crippen molar-refractivity contribution in [3.8, 4) is 0 Å². The first kappa shape index (κ1) is 22.2. The van der Waals surface area contributed by atoms with E-state index < -0.39 is 0 Å². The van der Waals surface area contributed by atoms with Crippen LogP contribution in [0.2, 0.25) is 0 Å². The van der Waals surface area contributed by atoms with Crippen molar-refractivity contribution in [2.24, 2.45) is 51.8 Å². The zero-order valence-corrected chi connectivity index (χ0v) is 20.9. The summed E-state index contributed by atoms with van der Waals surface area (Å²) < 4.78 is 0. The molecule has 5 aliphatic rings. The fraction of sp³-hybridized carbons (Fsp3) is 1.00. The first-order chi connectivity index (χ1) is 13.9. The maximum atomic E-state index is 2.78. The van der Waals surface area contributed by atoms with E-state index in [4.69, 9.17) is 0 Å². The molecular formula is C29H52. The number of hydrogen-bond donors (Lipinski definition) is 0. The number of rotatable bonds is 5. The van der Waals surface area contributed by atoms with Gasteiger partial charge in [-0.05, 0) is 110 Å². The topological polar surface area (TPSA) is 0 Å². The van der Waals surface area contributed by atoms with Crippen LogP contribution in [0, 0.1) is 51.8 Å². The van der Waals surface area contributed by atoms with Gasteiger partial charge in [-0.3, -0.25) is 0 Å². The minimum atomic E-state index is 0.707. The summed E-state index contributed by atoms with van der Waals surface area (Å²) in [7, 11) is 0. The Hall–Kier alpha value is 0. The Bertz CT molecular complexity index is 562. The van der Waals surface area contributed by atoms with Gasteiger partial charge in [-0.25, -0.2) is 0 Å². The molecule has 5 rings (SSSR count). The third kappa shape index (κ3) is 3.36. The Labute approximate surface area is 183 Å². The fourth-order valence-electron chi connectivity index (χ4n) is 9.98. The third-order valence-corrected chi connectivity index (χ3v) is 11.5.